The van der Waals surface area contributed by atoms with Gasteiger partial charge in [-0.15, -0.1) is 0 Å². The van der Waals surface area contributed by atoms with Crippen LogP contribution in [0.4, 0.5) is 0 Å². The van der Waals surface area contributed by atoms with E-state index in [-0.39, 0.29) is 0 Å². The van der Waals surface area contributed by atoms with Gasteiger partial charge in [-0.05, 0) is 18.4 Å². The lowest BCUT2D eigenvalue weighted by molar-refractivity contribution is 0.0972. The Labute approximate surface area is 66.0 Å². The summed E-state index contributed by atoms with van der Waals surface area (Å²) in [6, 6.07) is 7.91. The molecule has 56 valence electrons. The molecule has 0 bridgehead atoms. The van der Waals surface area contributed by atoms with Crippen LogP contribution in [0.25, 0.3) is 0 Å². The molecule has 0 radical (unpaired) electrons. The monoisotopic (exact) mass is 154 g/mol. The van der Waals surface area contributed by atoms with Gasteiger partial charge in [-0.25, -0.2) is 0 Å². The number of hydrogen-bond acceptors (Lipinski definition) is 1. The number of carbonyl (C=O) groups excluding carboxylic acids is 1. The Balaban J connectivity index is 2.52. The molecule has 0 fully saturated rings. The third-order valence-corrected chi connectivity index (χ3v) is 2.17. The van der Waals surface area contributed by atoms with Crippen molar-refractivity contribution in [1.29, 1.82) is 0 Å². The number of benzene rings is 1. The number of Topliss-reactive ketones (excluding diaryl/α,β-unsaturated/α-hetero) is 1. The van der Waals surface area contributed by atoms with E-state index in [1.165, 1.54) is 5.56 Å². The van der Waals surface area contributed by atoms with Gasteiger partial charge in [0.05, 0.1) is 0 Å². The molecule has 11 heavy (non-hydrogen) atoms. The van der Waals surface area contributed by atoms with E-state index in [1.807, 2.05) is 24.3 Å². The molecule has 0 atom stereocenters. The molecule has 1 heteroatoms. The molecule has 1 aliphatic carbocycles. The first-order valence-electron chi connectivity index (χ1n) is 3.99. The average molecular weight is 154 g/mol. The molecule has 0 unspecified atom stereocenters. The zero-order valence-corrected chi connectivity index (χ0v) is 6.34. The van der Waals surface area contributed by atoms with Gasteiger partial charge in [-0.2, -0.15) is 0 Å². The smallest absolute Gasteiger partial charge is 0.163 e. The van der Waals surface area contributed by atoms with Crippen LogP contribution in [0.1, 0.15) is 28.8 Å². The van der Waals surface area contributed by atoms with Gasteiger partial charge in [0.1, 0.15) is 0 Å². The SMILES string of the molecule is O=[13C]1CC[13CH2][13c]2[13cH][13cH][13cH][13cH][13c]21. The molecular weight excluding hydrogens is 144 g/mol. The fraction of sp³-hybridized carbons (Fsp3) is 0.300. The van der Waals surface area contributed by atoms with Crippen molar-refractivity contribution >= 4 is 5.78 Å². The minimum absolute atomic E-state index is 0.312. The van der Waals surface area contributed by atoms with E-state index < -0.39 is 0 Å². The van der Waals surface area contributed by atoms with Gasteiger partial charge in [0.15, 0.2) is 5.78 Å². The van der Waals surface area contributed by atoms with Gasteiger partial charge in [0, 0.05) is 12.0 Å². The first-order valence-corrected chi connectivity index (χ1v) is 3.99. The number of hydrogen-bond donors (Lipinski definition) is 0. The molecule has 0 amide bonds. The van der Waals surface area contributed by atoms with Gasteiger partial charge in [0.25, 0.3) is 0 Å². The largest absolute Gasteiger partial charge is 0.294 e. The van der Waals surface area contributed by atoms with Crippen LogP contribution in [-0.2, 0) is 6.42 Å². The molecule has 0 aromatic heterocycles. The Bertz CT molecular complexity index is 289. The Hall–Kier alpha value is -1.11. The Kier molecular flexibility index (Phi) is 1.50. The predicted molar refractivity (Wildman–Crippen MR) is 43.7 cm³/mol. The van der Waals surface area contributed by atoms with Crippen molar-refractivity contribution in [3.63, 3.8) is 0 Å². The third kappa shape index (κ3) is 1.07. The van der Waals surface area contributed by atoms with Crippen LogP contribution >= 0.6 is 0 Å². The van der Waals surface area contributed by atoms with Gasteiger partial charge in [0.2, 0.25) is 0 Å². The molecular formula is C10H10O. The van der Waals surface area contributed by atoms with Crippen LogP contribution in [-0.4, -0.2) is 5.78 Å². The van der Waals surface area contributed by atoms with E-state index >= 15 is 0 Å². The van der Waals surface area contributed by atoms with Crippen molar-refractivity contribution < 1.29 is 4.79 Å². The summed E-state index contributed by atoms with van der Waals surface area (Å²) in [5.74, 6) is 0.312. The van der Waals surface area contributed by atoms with Crippen LogP contribution in [0.5, 0.6) is 0 Å². The number of fused-ring (bicyclic) bond motifs is 1. The summed E-state index contributed by atoms with van der Waals surface area (Å²) in [6.07, 6.45) is 2.83. The topological polar surface area (TPSA) is 17.1 Å². The predicted octanol–water partition coefficient (Wildman–Crippen LogP) is 2.21. The molecule has 0 spiro atoms. The van der Waals surface area contributed by atoms with E-state index in [9.17, 15) is 4.79 Å². The average Bonchev–Trinajstić information content (AvgIpc) is 2.06. The summed E-state index contributed by atoms with van der Waals surface area (Å²) in [5.41, 5.74) is 2.17. The van der Waals surface area contributed by atoms with Crippen LogP contribution in [0.2, 0.25) is 0 Å². The van der Waals surface area contributed by atoms with Crippen molar-refractivity contribution in [2.24, 2.45) is 0 Å². The van der Waals surface area contributed by atoms with Gasteiger partial charge >= 0.3 is 0 Å². The Morgan fingerprint density at radius 2 is 1.91 bits per heavy atom. The number of rotatable bonds is 0. The second kappa shape index (κ2) is 2.50. The van der Waals surface area contributed by atoms with Gasteiger partial charge < -0.3 is 0 Å². The van der Waals surface area contributed by atoms with E-state index in [1.54, 1.807) is 0 Å². The maximum atomic E-state index is 11.3. The number of aryl methyl sites for hydroxylation is 1. The van der Waals surface area contributed by atoms with Crippen molar-refractivity contribution in [1.82, 2.24) is 0 Å². The molecule has 0 saturated carbocycles. The first kappa shape index (κ1) is 6.59. The number of carbonyl (C=O) groups is 1. The van der Waals surface area contributed by atoms with Crippen molar-refractivity contribution in [2.75, 3.05) is 0 Å². The lowest BCUT2D eigenvalue weighted by Gasteiger charge is -2.12. The van der Waals surface area contributed by atoms with E-state index in [4.69, 9.17) is 0 Å². The molecule has 1 aromatic rings. The molecule has 1 nitrogen and oxygen atoms in total. The third-order valence-electron chi connectivity index (χ3n) is 2.17. The van der Waals surface area contributed by atoms with Crippen molar-refractivity contribution in [3.05, 3.63) is 35.4 Å². The van der Waals surface area contributed by atoms with E-state index in [0.29, 0.717) is 5.78 Å². The van der Waals surface area contributed by atoms with Crippen molar-refractivity contribution in [3.8, 4) is 0 Å². The first-order chi connectivity index (χ1) is 5.38. The van der Waals surface area contributed by atoms with Crippen LogP contribution in [0, 0.1) is 0 Å². The summed E-state index contributed by atoms with van der Waals surface area (Å²) in [7, 11) is 0. The highest BCUT2D eigenvalue weighted by Gasteiger charge is 2.14. The van der Waals surface area contributed by atoms with Gasteiger partial charge in [-0.1, -0.05) is 24.3 Å². The molecule has 0 N–H and O–H groups in total. The zero-order chi connectivity index (χ0) is 7.68. The summed E-state index contributed by atoms with van der Waals surface area (Å²) < 4.78 is 0. The maximum absolute atomic E-state index is 11.3. The van der Waals surface area contributed by atoms with Crippen LogP contribution in [0.15, 0.2) is 24.3 Å². The maximum Gasteiger partial charge on any atom is 0.163 e. The quantitative estimate of drug-likeness (QED) is 0.523. The zero-order valence-electron chi connectivity index (χ0n) is 6.34. The second-order valence-corrected chi connectivity index (χ2v) is 2.93. The summed E-state index contributed by atoms with van der Waals surface area (Å²) in [6.45, 7) is 0. The Morgan fingerprint density at radius 3 is 2.73 bits per heavy atom. The van der Waals surface area contributed by atoms with E-state index in [0.717, 1.165) is 24.8 Å². The molecule has 0 heterocycles. The molecule has 0 aliphatic heterocycles. The summed E-state index contributed by atoms with van der Waals surface area (Å²) in [5, 5.41) is 0. The fourth-order valence-electron chi connectivity index (χ4n) is 1.58. The Morgan fingerprint density at radius 1 is 1.09 bits per heavy atom. The lowest BCUT2D eigenvalue weighted by atomic mass is 10.5. The lowest BCUT2D eigenvalue weighted by Crippen LogP contribution is -2.09. The molecule has 2 rings (SSSR count). The number of ketones is 1. The summed E-state index contributed by atoms with van der Waals surface area (Å²) >= 11 is 0. The highest BCUT2D eigenvalue weighted by Crippen LogP contribution is 2.19. The molecule has 1 aromatic carbocycles. The van der Waals surface area contributed by atoms with Crippen molar-refractivity contribution in [2.45, 2.75) is 19.3 Å². The molecule has 0 saturated heterocycles. The van der Waals surface area contributed by atoms with E-state index in [2.05, 4.69) is 0 Å². The highest BCUT2D eigenvalue weighted by molar-refractivity contribution is 5.98. The highest BCUT2D eigenvalue weighted by atomic mass is 16.2. The van der Waals surface area contributed by atoms with Gasteiger partial charge in [-0.3, -0.25) is 4.79 Å². The summed E-state index contributed by atoms with van der Waals surface area (Å²) in [4.78, 5) is 11.3. The standard InChI is InChI=1S/C10H10O/c11-10-7-3-5-8-4-1-2-6-9(8)10/h1-2,4,6H,3,5,7H2/i1+1,2+1,4+1,5+1,6+1,8+1,9+1,10+1. The van der Waals surface area contributed by atoms with Crippen LogP contribution in [0.3, 0.4) is 0 Å². The molecule has 1 aliphatic rings. The minimum Gasteiger partial charge on any atom is -0.294 e. The second-order valence-electron chi connectivity index (χ2n) is 2.93. The fourth-order valence-corrected chi connectivity index (χ4v) is 1.58. The minimum atomic E-state index is 0.312. The van der Waals surface area contributed by atoms with Crippen LogP contribution < -0.4 is 0 Å². The normalized spacial score (nSPS) is 16.2.